The Kier molecular flexibility index (Phi) is 5.16. The summed E-state index contributed by atoms with van der Waals surface area (Å²) in [7, 11) is 3.49. The molecule has 4 atom stereocenters. The van der Waals surface area contributed by atoms with Gasteiger partial charge in [-0.25, -0.2) is 9.37 Å². The molecule has 0 unspecified atom stereocenters. The van der Waals surface area contributed by atoms with E-state index in [-0.39, 0.29) is 17.4 Å². The van der Waals surface area contributed by atoms with Crippen LogP contribution in [-0.4, -0.2) is 55.7 Å². The summed E-state index contributed by atoms with van der Waals surface area (Å²) in [6.07, 6.45) is 3.01. The maximum Gasteiger partial charge on any atom is 0.253 e. The zero-order valence-electron chi connectivity index (χ0n) is 18.9. The Balaban J connectivity index is 1.38. The summed E-state index contributed by atoms with van der Waals surface area (Å²) in [5.74, 6) is 1.06. The minimum absolute atomic E-state index is 0.00711. The predicted octanol–water partition coefficient (Wildman–Crippen LogP) is 2.67. The summed E-state index contributed by atoms with van der Waals surface area (Å²) in [6.45, 7) is 1.96. The van der Waals surface area contributed by atoms with Crippen LogP contribution < -0.4 is 15.8 Å². The van der Waals surface area contributed by atoms with E-state index in [4.69, 9.17) is 0 Å². The van der Waals surface area contributed by atoms with E-state index in [1.54, 1.807) is 37.4 Å². The van der Waals surface area contributed by atoms with Gasteiger partial charge in [0.15, 0.2) is 5.82 Å². The normalized spacial score (nSPS) is 26.4. The number of piperidine rings is 1. The zero-order valence-corrected chi connectivity index (χ0v) is 18.9. The number of anilines is 1. The molecule has 5 rings (SSSR count). The van der Waals surface area contributed by atoms with Crippen molar-refractivity contribution in [3.63, 3.8) is 0 Å². The minimum atomic E-state index is -0.998. The maximum absolute atomic E-state index is 15.3. The van der Waals surface area contributed by atoms with Gasteiger partial charge in [-0.2, -0.15) is 0 Å². The lowest BCUT2D eigenvalue weighted by atomic mass is 9.86. The average Bonchev–Trinajstić information content (AvgIpc) is 3.15. The van der Waals surface area contributed by atoms with Crippen molar-refractivity contribution in [1.82, 2.24) is 25.1 Å². The van der Waals surface area contributed by atoms with E-state index in [0.29, 0.717) is 34.5 Å². The Bertz CT molecular complexity index is 1250. The summed E-state index contributed by atoms with van der Waals surface area (Å²) < 4.78 is 16.7. The highest BCUT2D eigenvalue weighted by molar-refractivity contribution is 5.72. The van der Waals surface area contributed by atoms with Crippen LogP contribution in [0.25, 0.3) is 22.6 Å². The van der Waals surface area contributed by atoms with E-state index < -0.39 is 11.7 Å². The van der Waals surface area contributed by atoms with Crippen LogP contribution in [0.5, 0.6) is 5.75 Å². The second-order valence-electron chi connectivity index (χ2n) is 9.29. The van der Waals surface area contributed by atoms with Crippen molar-refractivity contribution >= 4 is 5.82 Å². The zero-order chi connectivity index (χ0) is 23.3. The molecular weight excluding hydrogens is 423 g/mol. The second kappa shape index (κ2) is 7.91. The third-order valence-corrected chi connectivity index (χ3v) is 7.12. The molecule has 2 aliphatic rings. The number of hydrogen-bond donors (Lipinski definition) is 2. The third kappa shape index (κ3) is 3.66. The number of aromatic hydroxyl groups is 1. The minimum Gasteiger partial charge on any atom is -0.507 e. The lowest BCUT2D eigenvalue weighted by molar-refractivity contribution is 0.111. The van der Waals surface area contributed by atoms with Gasteiger partial charge in [0.1, 0.15) is 17.7 Å². The molecule has 172 valence electrons. The monoisotopic (exact) mass is 450 g/mol. The van der Waals surface area contributed by atoms with Gasteiger partial charge in [-0.15, -0.1) is 10.2 Å². The lowest BCUT2D eigenvalue weighted by Gasteiger charge is -2.44. The Morgan fingerprint density at radius 3 is 2.79 bits per heavy atom. The first-order chi connectivity index (χ1) is 15.8. The number of nitrogens with one attached hydrogen (secondary N) is 1. The number of alkyl halides is 1. The molecular formula is C24H27FN6O2. The van der Waals surface area contributed by atoms with Gasteiger partial charge >= 0.3 is 0 Å². The SMILES string of the molecule is CN(c1ccc(-c2ccc(-c3nccc(=O)n3C)cc2O)nn1)[C@@H]1C[C@H]2CC[C@](C)(N2)[C@H]1F. The Labute approximate surface area is 191 Å². The molecule has 0 amide bonds. The van der Waals surface area contributed by atoms with E-state index in [9.17, 15) is 9.90 Å². The maximum atomic E-state index is 15.3. The van der Waals surface area contributed by atoms with Crippen molar-refractivity contribution in [3.8, 4) is 28.4 Å². The van der Waals surface area contributed by atoms with Crippen LogP contribution in [-0.2, 0) is 7.05 Å². The number of fused-ring (bicyclic) bond motifs is 2. The summed E-state index contributed by atoms with van der Waals surface area (Å²) in [5.41, 5.74) is 0.960. The molecule has 2 aromatic heterocycles. The van der Waals surface area contributed by atoms with Crippen molar-refractivity contribution in [3.05, 3.63) is 52.9 Å². The summed E-state index contributed by atoms with van der Waals surface area (Å²) >= 11 is 0. The molecule has 4 heterocycles. The molecule has 1 aromatic carbocycles. The molecule has 33 heavy (non-hydrogen) atoms. The largest absolute Gasteiger partial charge is 0.507 e. The number of nitrogens with zero attached hydrogens (tertiary/aromatic N) is 5. The van der Waals surface area contributed by atoms with Crippen LogP contribution in [0.1, 0.15) is 26.2 Å². The standard InChI is InChI=1S/C24H27FN6O2/c1-24-10-8-15(27-24)13-18(22(24)25)30(2)20-7-6-17(28-29-20)16-5-4-14(12-19(16)32)23-26-11-9-21(33)31(23)3/h4-7,9,11-12,15,18,22,27,32H,8,10,13H2,1-3H3/t15-,18-,22+,24+/m1/s1. The first-order valence-corrected chi connectivity index (χ1v) is 11.1. The van der Waals surface area contributed by atoms with E-state index in [2.05, 4.69) is 20.5 Å². The fourth-order valence-electron chi connectivity index (χ4n) is 5.13. The van der Waals surface area contributed by atoms with E-state index in [1.165, 1.54) is 16.8 Å². The highest BCUT2D eigenvalue weighted by Crippen LogP contribution is 2.40. The quantitative estimate of drug-likeness (QED) is 0.631. The summed E-state index contributed by atoms with van der Waals surface area (Å²) in [6, 6.07) is 10.1. The van der Waals surface area contributed by atoms with Crippen LogP contribution in [0.15, 0.2) is 47.4 Å². The Hall–Kier alpha value is -3.33. The van der Waals surface area contributed by atoms with Gasteiger partial charge in [-0.1, -0.05) is 6.07 Å². The molecule has 2 aliphatic heterocycles. The van der Waals surface area contributed by atoms with E-state index >= 15 is 4.39 Å². The van der Waals surface area contributed by atoms with Crippen LogP contribution in [0.2, 0.25) is 0 Å². The van der Waals surface area contributed by atoms with Gasteiger partial charge in [0.2, 0.25) is 0 Å². The van der Waals surface area contributed by atoms with Gasteiger partial charge in [-0.3, -0.25) is 9.36 Å². The molecule has 2 fully saturated rings. The van der Waals surface area contributed by atoms with Crippen LogP contribution in [0, 0.1) is 0 Å². The predicted molar refractivity (Wildman–Crippen MR) is 124 cm³/mol. The number of phenolic OH excluding ortho intramolecular Hbond substituents is 1. The number of benzene rings is 1. The lowest BCUT2D eigenvalue weighted by Crippen LogP contribution is -2.62. The van der Waals surface area contributed by atoms with Crippen LogP contribution in [0.3, 0.4) is 0 Å². The van der Waals surface area contributed by atoms with Crippen molar-refractivity contribution in [1.29, 1.82) is 0 Å². The molecule has 2 N–H and O–H groups in total. The fourth-order valence-corrected chi connectivity index (χ4v) is 5.13. The number of phenols is 1. The van der Waals surface area contributed by atoms with E-state index in [0.717, 1.165) is 19.3 Å². The molecule has 0 saturated carbocycles. The highest BCUT2D eigenvalue weighted by atomic mass is 19.1. The first kappa shape index (κ1) is 21.5. The van der Waals surface area contributed by atoms with Crippen molar-refractivity contribution in [2.24, 2.45) is 7.05 Å². The van der Waals surface area contributed by atoms with Crippen LogP contribution in [0.4, 0.5) is 10.2 Å². The van der Waals surface area contributed by atoms with E-state index in [1.807, 2.05) is 18.9 Å². The molecule has 0 aliphatic carbocycles. The molecule has 0 radical (unpaired) electrons. The Morgan fingerprint density at radius 1 is 1.24 bits per heavy atom. The van der Waals surface area contributed by atoms with Crippen molar-refractivity contribution in [2.45, 2.75) is 50.0 Å². The molecule has 2 saturated heterocycles. The molecule has 8 nitrogen and oxygen atoms in total. The smallest absolute Gasteiger partial charge is 0.253 e. The average molecular weight is 451 g/mol. The van der Waals surface area contributed by atoms with Crippen molar-refractivity contribution < 1.29 is 9.50 Å². The van der Waals surface area contributed by atoms with Gasteiger partial charge in [-0.05, 0) is 50.5 Å². The summed E-state index contributed by atoms with van der Waals surface area (Å²) in [4.78, 5) is 18.0. The number of aromatic nitrogens is 4. The highest BCUT2D eigenvalue weighted by Gasteiger charge is 2.51. The van der Waals surface area contributed by atoms with Crippen molar-refractivity contribution in [2.75, 3.05) is 11.9 Å². The van der Waals surface area contributed by atoms with Gasteiger partial charge in [0, 0.05) is 49.1 Å². The van der Waals surface area contributed by atoms with Crippen LogP contribution >= 0.6 is 0 Å². The first-order valence-electron chi connectivity index (χ1n) is 11.1. The molecule has 0 spiro atoms. The number of hydrogen-bond acceptors (Lipinski definition) is 7. The topological polar surface area (TPSA) is 96.2 Å². The number of halogens is 1. The molecule has 3 aromatic rings. The third-order valence-electron chi connectivity index (χ3n) is 7.12. The molecule has 2 bridgehead atoms. The fraction of sp³-hybridized carbons (Fsp3) is 0.417. The van der Waals surface area contributed by atoms with Gasteiger partial charge < -0.3 is 15.3 Å². The second-order valence-corrected chi connectivity index (χ2v) is 9.29. The number of rotatable bonds is 4. The van der Waals surface area contributed by atoms with Gasteiger partial charge in [0.05, 0.1) is 11.7 Å². The Morgan fingerprint density at radius 2 is 2.06 bits per heavy atom. The molecule has 9 heteroatoms. The van der Waals surface area contributed by atoms with Gasteiger partial charge in [0.25, 0.3) is 5.56 Å². The summed E-state index contributed by atoms with van der Waals surface area (Å²) in [5, 5.41) is 22.7.